The van der Waals surface area contributed by atoms with Crippen molar-refractivity contribution in [2.45, 2.75) is 51.1 Å². The van der Waals surface area contributed by atoms with Crippen LogP contribution in [-0.4, -0.2) is 60.2 Å². The molecule has 0 aromatic rings. The number of aliphatic hydroxyl groups is 2. The van der Waals surface area contributed by atoms with Crippen molar-refractivity contribution in [2.75, 3.05) is 26.4 Å². The average Bonchev–Trinajstić information content (AvgIpc) is 2.65. The predicted octanol–water partition coefficient (Wildman–Crippen LogP) is 0.0970. The summed E-state index contributed by atoms with van der Waals surface area (Å²) in [5.41, 5.74) is -1.67. The van der Waals surface area contributed by atoms with Crippen molar-refractivity contribution in [1.29, 1.82) is 0 Å². The summed E-state index contributed by atoms with van der Waals surface area (Å²) in [6.45, 7) is 3.33. The van der Waals surface area contributed by atoms with E-state index in [-0.39, 0.29) is 52.1 Å². The number of cyclic esters (lactones) is 2. The molecule has 1 fully saturated rings. The monoisotopic (exact) mass is 320 g/mol. The molecule has 1 aliphatic rings. The first-order valence-electron chi connectivity index (χ1n) is 7.41. The van der Waals surface area contributed by atoms with Crippen LogP contribution < -0.4 is 0 Å². The Morgan fingerprint density at radius 2 is 1.64 bits per heavy atom. The first-order chi connectivity index (χ1) is 10.4. The molecule has 1 aliphatic heterocycles. The second-order valence-corrected chi connectivity index (χ2v) is 4.93. The second-order valence-electron chi connectivity index (χ2n) is 4.93. The van der Waals surface area contributed by atoms with Gasteiger partial charge in [0.15, 0.2) is 5.60 Å². The maximum atomic E-state index is 11.7. The number of rotatable bonds is 9. The van der Waals surface area contributed by atoms with Crippen LogP contribution in [0.25, 0.3) is 0 Å². The minimum absolute atomic E-state index is 0.0805. The van der Waals surface area contributed by atoms with Crippen LogP contribution in [0.1, 0.15) is 39.5 Å². The molecule has 0 saturated carbocycles. The van der Waals surface area contributed by atoms with Gasteiger partial charge in [-0.3, -0.25) is 9.59 Å². The van der Waals surface area contributed by atoms with Gasteiger partial charge in [0.05, 0.1) is 39.3 Å². The lowest BCUT2D eigenvalue weighted by Crippen LogP contribution is -2.60. The number of hydrogen-bond acceptors (Lipinski definition) is 8. The smallest absolute Gasteiger partial charge is 0.396 e. The molecule has 1 saturated heterocycles. The molecule has 8 nitrogen and oxygen atoms in total. The van der Waals surface area contributed by atoms with E-state index < -0.39 is 23.5 Å². The molecule has 0 atom stereocenters. The van der Waals surface area contributed by atoms with E-state index in [1.807, 2.05) is 0 Å². The number of esters is 2. The number of carbonyl (C=O) groups is 2. The van der Waals surface area contributed by atoms with Crippen LogP contribution in [0.2, 0.25) is 0 Å². The number of ether oxygens (including phenoxy) is 4. The summed E-state index contributed by atoms with van der Waals surface area (Å²) in [6, 6.07) is 0. The summed E-state index contributed by atoms with van der Waals surface area (Å²) in [7, 11) is 0. The van der Waals surface area contributed by atoms with Gasteiger partial charge in [-0.2, -0.15) is 0 Å². The summed E-state index contributed by atoms with van der Waals surface area (Å²) in [5, 5.41) is 19.3. The lowest BCUT2D eigenvalue weighted by atomic mass is 9.94. The van der Waals surface area contributed by atoms with E-state index in [1.165, 1.54) is 0 Å². The van der Waals surface area contributed by atoms with Crippen LogP contribution in [0, 0.1) is 0 Å². The Bertz CT molecular complexity index is 359. The van der Waals surface area contributed by atoms with E-state index in [1.54, 1.807) is 13.8 Å². The molecule has 0 radical (unpaired) electrons. The van der Waals surface area contributed by atoms with Crippen molar-refractivity contribution in [2.24, 2.45) is 0 Å². The molecule has 128 valence electrons. The minimum Gasteiger partial charge on any atom is -0.396 e. The lowest BCUT2D eigenvalue weighted by molar-refractivity contribution is -0.409. The molecule has 0 bridgehead atoms. The average molecular weight is 320 g/mol. The van der Waals surface area contributed by atoms with Crippen molar-refractivity contribution in [3.8, 4) is 0 Å². The van der Waals surface area contributed by atoms with Crippen molar-refractivity contribution in [3.05, 3.63) is 0 Å². The van der Waals surface area contributed by atoms with Gasteiger partial charge in [0.2, 0.25) is 0 Å². The van der Waals surface area contributed by atoms with Crippen molar-refractivity contribution in [3.63, 3.8) is 0 Å². The lowest BCUT2D eigenvalue weighted by Gasteiger charge is -2.42. The Labute approximate surface area is 129 Å². The van der Waals surface area contributed by atoms with Gasteiger partial charge in [0.1, 0.15) is 0 Å². The number of aliphatic hydroxyl groups excluding tert-OH is 1. The highest BCUT2D eigenvalue weighted by Crippen LogP contribution is 2.37. The maximum Gasteiger partial charge on any atom is 0.406 e. The minimum atomic E-state index is -2.18. The van der Waals surface area contributed by atoms with E-state index in [2.05, 4.69) is 0 Å². The molecular weight excluding hydrogens is 296 g/mol. The van der Waals surface area contributed by atoms with Crippen LogP contribution in [0.4, 0.5) is 0 Å². The Morgan fingerprint density at radius 1 is 1.09 bits per heavy atom. The van der Waals surface area contributed by atoms with E-state index in [0.717, 1.165) is 0 Å². The zero-order valence-corrected chi connectivity index (χ0v) is 13.0. The van der Waals surface area contributed by atoms with Gasteiger partial charge in [0.25, 0.3) is 0 Å². The standard InChI is InChI=1S/C14H24O8/c1-3-13(18,4-2)14(20-10-9-19-8-7-15)21-11(16)5-6-12(17)22-14/h15,18H,3-10H2,1-2H3. The third-order valence-corrected chi connectivity index (χ3v) is 3.52. The van der Waals surface area contributed by atoms with Gasteiger partial charge in [-0.1, -0.05) is 13.8 Å². The third-order valence-electron chi connectivity index (χ3n) is 3.52. The summed E-state index contributed by atoms with van der Waals surface area (Å²) in [6.07, 6.45) is 0.0477. The van der Waals surface area contributed by atoms with Crippen LogP contribution >= 0.6 is 0 Å². The molecule has 22 heavy (non-hydrogen) atoms. The highest BCUT2D eigenvalue weighted by atomic mass is 16.9. The summed E-state index contributed by atoms with van der Waals surface area (Å²) < 4.78 is 20.8. The van der Waals surface area contributed by atoms with Crippen LogP contribution in [0.5, 0.6) is 0 Å². The number of carbonyl (C=O) groups excluding carboxylic acids is 2. The third kappa shape index (κ3) is 4.39. The molecule has 0 aromatic heterocycles. The maximum absolute atomic E-state index is 11.7. The van der Waals surface area contributed by atoms with Gasteiger partial charge < -0.3 is 29.2 Å². The molecule has 0 aromatic carbocycles. The fourth-order valence-corrected chi connectivity index (χ4v) is 2.09. The fourth-order valence-electron chi connectivity index (χ4n) is 2.09. The largest absolute Gasteiger partial charge is 0.406 e. The second kappa shape index (κ2) is 8.42. The van der Waals surface area contributed by atoms with Crippen molar-refractivity contribution >= 4 is 11.9 Å². The zero-order chi connectivity index (χ0) is 16.6. The molecule has 0 amide bonds. The first kappa shape index (κ1) is 18.8. The summed E-state index contributed by atoms with van der Waals surface area (Å²) >= 11 is 0. The number of hydrogen-bond donors (Lipinski definition) is 2. The topological polar surface area (TPSA) is 112 Å². The van der Waals surface area contributed by atoms with Crippen LogP contribution in [0.3, 0.4) is 0 Å². The fraction of sp³-hybridized carbons (Fsp3) is 0.857. The predicted molar refractivity (Wildman–Crippen MR) is 73.5 cm³/mol. The zero-order valence-electron chi connectivity index (χ0n) is 13.0. The van der Waals surface area contributed by atoms with Gasteiger partial charge in [-0.15, -0.1) is 0 Å². The highest BCUT2D eigenvalue weighted by molar-refractivity contribution is 5.79. The van der Waals surface area contributed by atoms with E-state index in [0.29, 0.717) is 0 Å². The Balaban J connectivity index is 2.92. The van der Waals surface area contributed by atoms with Gasteiger partial charge in [-0.25, -0.2) is 0 Å². The SMILES string of the molecule is CCC(O)(CC)C1(OCCOCCO)OC(=O)CCC(=O)O1. The molecule has 0 aliphatic carbocycles. The van der Waals surface area contributed by atoms with Gasteiger partial charge in [0, 0.05) is 0 Å². The molecule has 2 N–H and O–H groups in total. The van der Waals surface area contributed by atoms with E-state index in [9.17, 15) is 14.7 Å². The van der Waals surface area contributed by atoms with Gasteiger partial charge >= 0.3 is 17.9 Å². The molecule has 0 unspecified atom stereocenters. The highest BCUT2D eigenvalue weighted by Gasteiger charge is 2.58. The van der Waals surface area contributed by atoms with Crippen molar-refractivity contribution < 1.29 is 38.7 Å². The molecule has 1 rings (SSSR count). The molecule has 1 heterocycles. The van der Waals surface area contributed by atoms with Crippen LogP contribution in [-0.2, 0) is 28.5 Å². The van der Waals surface area contributed by atoms with Crippen molar-refractivity contribution in [1.82, 2.24) is 0 Å². The summed E-state index contributed by atoms with van der Waals surface area (Å²) in [5.74, 6) is -3.53. The molecule has 8 heteroatoms. The first-order valence-corrected chi connectivity index (χ1v) is 7.41. The molecule has 0 spiro atoms. The van der Waals surface area contributed by atoms with Gasteiger partial charge in [-0.05, 0) is 12.8 Å². The quantitative estimate of drug-likeness (QED) is 0.454. The Kier molecular flexibility index (Phi) is 7.21. The Morgan fingerprint density at radius 3 is 2.09 bits per heavy atom. The van der Waals surface area contributed by atoms with E-state index >= 15 is 0 Å². The Hall–Kier alpha value is -1.22. The normalized spacial score (nSPS) is 18.5. The molecular formula is C14H24O8. The van der Waals surface area contributed by atoms with E-state index in [4.69, 9.17) is 24.1 Å². The van der Waals surface area contributed by atoms with Crippen LogP contribution in [0.15, 0.2) is 0 Å². The summed E-state index contributed by atoms with van der Waals surface area (Å²) in [4.78, 5) is 23.5.